The molecule has 1 unspecified atom stereocenters. The van der Waals surface area contributed by atoms with E-state index < -0.39 is 0 Å². The van der Waals surface area contributed by atoms with Gasteiger partial charge in [-0.15, -0.1) is 11.3 Å². The lowest BCUT2D eigenvalue weighted by atomic mass is 10.2. The van der Waals surface area contributed by atoms with Crippen molar-refractivity contribution in [1.29, 1.82) is 0 Å². The molecule has 1 aromatic heterocycles. The van der Waals surface area contributed by atoms with E-state index in [-0.39, 0.29) is 0 Å². The molecule has 0 spiro atoms. The van der Waals surface area contributed by atoms with E-state index in [1.54, 1.807) is 11.3 Å². The third-order valence-corrected chi connectivity index (χ3v) is 4.91. The van der Waals surface area contributed by atoms with Gasteiger partial charge in [-0.3, -0.25) is 4.90 Å². The molecule has 102 valence electrons. The van der Waals surface area contributed by atoms with Gasteiger partial charge in [-0.25, -0.2) is 4.98 Å². The summed E-state index contributed by atoms with van der Waals surface area (Å²) in [6.07, 6.45) is 0.980. The molecule has 4 nitrogen and oxygen atoms in total. The van der Waals surface area contributed by atoms with Gasteiger partial charge in [0.2, 0.25) is 0 Å². The number of hydrogen-bond acceptors (Lipinski definition) is 5. The van der Waals surface area contributed by atoms with Gasteiger partial charge in [-0.1, -0.05) is 13.8 Å². The molecule has 1 aromatic rings. The summed E-state index contributed by atoms with van der Waals surface area (Å²) in [5.41, 5.74) is 6.97. The van der Waals surface area contributed by atoms with Gasteiger partial charge in [0, 0.05) is 37.1 Å². The van der Waals surface area contributed by atoms with Crippen molar-refractivity contribution in [1.82, 2.24) is 9.88 Å². The lowest BCUT2D eigenvalue weighted by Crippen LogP contribution is -2.51. The average Bonchev–Trinajstić information content (AvgIpc) is 2.81. The van der Waals surface area contributed by atoms with Crippen molar-refractivity contribution in [3.05, 3.63) is 10.6 Å². The van der Waals surface area contributed by atoms with Gasteiger partial charge in [-0.05, 0) is 19.9 Å². The maximum atomic E-state index is 5.78. The minimum atomic E-state index is 0.610. The van der Waals surface area contributed by atoms with Crippen LogP contribution in [-0.2, 0) is 13.0 Å². The fourth-order valence-electron chi connectivity index (χ4n) is 2.58. The highest BCUT2D eigenvalue weighted by atomic mass is 32.1. The Hall–Kier alpha value is -0.650. The van der Waals surface area contributed by atoms with Crippen LogP contribution in [0.3, 0.4) is 0 Å². The number of hydrogen-bond donors (Lipinski definition) is 1. The number of rotatable bonds is 4. The minimum Gasteiger partial charge on any atom is -0.345 e. The highest BCUT2D eigenvalue weighted by Gasteiger charge is 2.24. The predicted octanol–water partition coefficient (Wildman–Crippen LogP) is 1.69. The van der Waals surface area contributed by atoms with Gasteiger partial charge in [0.25, 0.3) is 0 Å². The molecule has 0 bridgehead atoms. The van der Waals surface area contributed by atoms with Crippen LogP contribution in [0.25, 0.3) is 0 Å². The van der Waals surface area contributed by atoms with Crippen molar-refractivity contribution in [3.63, 3.8) is 0 Å². The first kappa shape index (κ1) is 13.8. The van der Waals surface area contributed by atoms with Crippen LogP contribution in [0.15, 0.2) is 0 Å². The first-order valence-electron chi connectivity index (χ1n) is 6.87. The molecule has 0 aromatic carbocycles. The lowest BCUT2D eigenvalue weighted by Gasteiger charge is -2.39. The number of anilines is 1. The molecule has 0 saturated carbocycles. The molecule has 1 aliphatic heterocycles. The highest BCUT2D eigenvalue weighted by molar-refractivity contribution is 7.15. The van der Waals surface area contributed by atoms with E-state index in [1.165, 1.54) is 10.6 Å². The minimum absolute atomic E-state index is 0.610. The Kier molecular flexibility index (Phi) is 4.59. The van der Waals surface area contributed by atoms with Crippen LogP contribution in [0, 0.1) is 0 Å². The van der Waals surface area contributed by atoms with Gasteiger partial charge in [0.15, 0.2) is 5.13 Å². The summed E-state index contributed by atoms with van der Waals surface area (Å²) in [7, 11) is 0. The summed E-state index contributed by atoms with van der Waals surface area (Å²) < 4.78 is 0. The van der Waals surface area contributed by atoms with Crippen LogP contribution in [0.2, 0.25) is 0 Å². The third kappa shape index (κ3) is 2.68. The smallest absolute Gasteiger partial charge is 0.185 e. The molecular weight excluding hydrogens is 244 g/mol. The molecule has 1 aliphatic rings. The number of aromatic nitrogens is 1. The molecule has 0 amide bonds. The Bertz CT molecular complexity index is 369. The van der Waals surface area contributed by atoms with Gasteiger partial charge >= 0.3 is 0 Å². The molecule has 1 saturated heterocycles. The Balaban J connectivity index is 2.10. The summed E-state index contributed by atoms with van der Waals surface area (Å²) in [6, 6.07) is 0.610. The van der Waals surface area contributed by atoms with Gasteiger partial charge in [0.05, 0.1) is 5.69 Å². The fourth-order valence-corrected chi connectivity index (χ4v) is 3.64. The van der Waals surface area contributed by atoms with Crippen molar-refractivity contribution >= 4 is 16.5 Å². The summed E-state index contributed by atoms with van der Waals surface area (Å²) >= 11 is 1.77. The van der Waals surface area contributed by atoms with E-state index in [0.717, 1.165) is 37.7 Å². The number of likely N-dealkylation sites (N-methyl/N-ethyl adjacent to an activating group) is 1. The van der Waals surface area contributed by atoms with Crippen molar-refractivity contribution in [2.75, 3.05) is 31.1 Å². The highest BCUT2D eigenvalue weighted by Crippen LogP contribution is 2.28. The third-order valence-electron chi connectivity index (χ3n) is 3.73. The first-order valence-corrected chi connectivity index (χ1v) is 7.68. The van der Waals surface area contributed by atoms with Gasteiger partial charge in [-0.2, -0.15) is 0 Å². The Morgan fingerprint density at radius 2 is 2.17 bits per heavy atom. The zero-order valence-electron chi connectivity index (χ0n) is 11.6. The van der Waals surface area contributed by atoms with Crippen LogP contribution >= 0.6 is 11.3 Å². The summed E-state index contributed by atoms with van der Waals surface area (Å²) in [5.74, 6) is 0. The summed E-state index contributed by atoms with van der Waals surface area (Å²) in [5, 5.41) is 1.16. The zero-order valence-corrected chi connectivity index (χ0v) is 12.5. The topological polar surface area (TPSA) is 45.4 Å². The Morgan fingerprint density at radius 3 is 2.67 bits per heavy atom. The maximum Gasteiger partial charge on any atom is 0.185 e. The molecule has 0 aliphatic carbocycles. The molecule has 0 radical (unpaired) electrons. The fraction of sp³-hybridized carbons (Fsp3) is 0.769. The second-order valence-corrected chi connectivity index (χ2v) is 5.91. The predicted molar refractivity (Wildman–Crippen MR) is 78.3 cm³/mol. The molecule has 1 atom stereocenters. The number of nitrogens with two attached hydrogens (primary N) is 1. The second-order valence-electron chi connectivity index (χ2n) is 4.85. The molecule has 2 heterocycles. The number of piperazine rings is 1. The number of aryl methyl sites for hydroxylation is 1. The second kappa shape index (κ2) is 5.99. The van der Waals surface area contributed by atoms with Crippen LogP contribution in [-0.4, -0.2) is 42.1 Å². The summed E-state index contributed by atoms with van der Waals surface area (Å²) in [6.45, 7) is 11.7. The molecule has 2 N–H and O–H groups in total. The lowest BCUT2D eigenvalue weighted by molar-refractivity contribution is 0.199. The maximum absolute atomic E-state index is 5.78. The van der Waals surface area contributed by atoms with Crippen molar-refractivity contribution < 1.29 is 0 Å². The van der Waals surface area contributed by atoms with Crippen LogP contribution in [0.4, 0.5) is 5.13 Å². The molecule has 18 heavy (non-hydrogen) atoms. The van der Waals surface area contributed by atoms with E-state index in [2.05, 4.69) is 30.6 Å². The number of nitrogens with zero attached hydrogens (tertiary/aromatic N) is 3. The summed E-state index contributed by atoms with van der Waals surface area (Å²) in [4.78, 5) is 10.9. The van der Waals surface area contributed by atoms with Crippen LogP contribution < -0.4 is 10.6 Å². The van der Waals surface area contributed by atoms with Crippen LogP contribution in [0.5, 0.6) is 0 Å². The van der Waals surface area contributed by atoms with Crippen molar-refractivity contribution in [2.45, 2.75) is 39.8 Å². The number of thiazole rings is 1. The van der Waals surface area contributed by atoms with Crippen molar-refractivity contribution in [2.24, 2.45) is 5.73 Å². The zero-order chi connectivity index (χ0) is 13.1. The Labute approximate surface area is 114 Å². The van der Waals surface area contributed by atoms with E-state index in [9.17, 15) is 0 Å². The van der Waals surface area contributed by atoms with Crippen LogP contribution in [0.1, 0.15) is 31.3 Å². The quantitative estimate of drug-likeness (QED) is 0.903. The Morgan fingerprint density at radius 1 is 1.39 bits per heavy atom. The molecule has 5 heteroatoms. The van der Waals surface area contributed by atoms with E-state index in [0.29, 0.717) is 12.6 Å². The first-order chi connectivity index (χ1) is 8.69. The van der Waals surface area contributed by atoms with E-state index >= 15 is 0 Å². The average molecular weight is 268 g/mol. The molecular formula is C13H24N4S. The standard InChI is InChI=1S/C13H24N4S/c1-4-11-12(8-14)18-13(15-11)17-7-6-16(5-2)10(3)9-17/h10H,4-9,14H2,1-3H3. The van der Waals surface area contributed by atoms with E-state index in [1.807, 2.05) is 0 Å². The van der Waals surface area contributed by atoms with Gasteiger partial charge in [0.1, 0.15) is 0 Å². The van der Waals surface area contributed by atoms with Crippen molar-refractivity contribution in [3.8, 4) is 0 Å². The SMILES string of the molecule is CCc1nc(N2CCN(CC)C(C)C2)sc1CN. The van der Waals surface area contributed by atoms with E-state index in [4.69, 9.17) is 10.7 Å². The normalized spacial score (nSPS) is 21.6. The van der Waals surface area contributed by atoms with Gasteiger partial charge < -0.3 is 10.6 Å². The molecule has 2 rings (SSSR count). The molecule has 1 fully saturated rings. The monoisotopic (exact) mass is 268 g/mol. The largest absolute Gasteiger partial charge is 0.345 e.